The third kappa shape index (κ3) is 6.45. The molecule has 0 saturated carbocycles. The molecule has 1 aliphatic heterocycles. The van der Waals surface area contributed by atoms with E-state index in [0.29, 0.717) is 6.04 Å². The molecule has 5 heteroatoms. The third-order valence-corrected chi connectivity index (χ3v) is 4.44. The molecule has 1 rings (SSSR count). The number of morpholine rings is 1. The number of β-amino-alcohol motifs (C(OH)–C–C–N with tert-alkyl or cyclic N) is 1. The van der Waals surface area contributed by atoms with Crippen molar-refractivity contribution in [2.75, 3.05) is 45.2 Å². The third-order valence-electron chi connectivity index (χ3n) is 3.62. The van der Waals surface area contributed by atoms with Crippen LogP contribution >= 0.6 is 11.8 Å². The standard InChI is InChI=1S/C14H30N2O2S/c1-11(10-19-5)15(4)8-14(17)9-16-6-12(2)18-13(3)7-16/h11-14,17H,6-10H2,1-5H3. The SMILES string of the molecule is CSCC(C)N(C)CC(O)CN1CC(C)OC(C)C1. The van der Waals surface area contributed by atoms with Crippen LogP contribution in [0.15, 0.2) is 0 Å². The molecule has 19 heavy (non-hydrogen) atoms. The Morgan fingerprint density at radius 3 is 2.47 bits per heavy atom. The molecule has 0 bridgehead atoms. The van der Waals surface area contributed by atoms with E-state index in [-0.39, 0.29) is 18.3 Å². The predicted octanol–water partition coefficient (Wildman–Crippen LogP) is 1.14. The normalized spacial score (nSPS) is 28.6. The number of aliphatic hydroxyl groups excluding tert-OH is 1. The number of thioether (sulfide) groups is 1. The molecule has 0 aliphatic carbocycles. The largest absolute Gasteiger partial charge is 0.390 e. The van der Waals surface area contributed by atoms with Crippen molar-refractivity contribution in [3.8, 4) is 0 Å². The van der Waals surface area contributed by atoms with Crippen molar-refractivity contribution >= 4 is 11.8 Å². The first-order valence-corrected chi connectivity index (χ1v) is 8.56. The van der Waals surface area contributed by atoms with Crippen molar-refractivity contribution < 1.29 is 9.84 Å². The van der Waals surface area contributed by atoms with Gasteiger partial charge in [0.1, 0.15) is 0 Å². The second-order valence-electron chi connectivity index (χ2n) is 5.87. The van der Waals surface area contributed by atoms with Gasteiger partial charge in [-0.05, 0) is 34.1 Å². The number of nitrogens with zero attached hydrogens (tertiary/aromatic N) is 2. The highest BCUT2D eigenvalue weighted by Crippen LogP contribution is 2.11. The summed E-state index contributed by atoms with van der Waals surface area (Å²) in [6.45, 7) is 9.73. The van der Waals surface area contributed by atoms with E-state index < -0.39 is 0 Å². The molecule has 4 unspecified atom stereocenters. The first-order chi connectivity index (χ1) is 8.92. The number of likely N-dealkylation sites (N-methyl/N-ethyl adjacent to an activating group) is 1. The lowest BCUT2D eigenvalue weighted by Crippen LogP contribution is -2.50. The first-order valence-electron chi connectivity index (χ1n) is 7.17. The summed E-state index contributed by atoms with van der Waals surface area (Å²) in [5.74, 6) is 1.11. The van der Waals surface area contributed by atoms with Gasteiger partial charge in [0.15, 0.2) is 0 Å². The van der Waals surface area contributed by atoms with Gasteiger partial charge in [-0.1, -0.05) is 0 Å². The van der Waals surface area contributed by atoms with E-state index in [9.17, 15) is 5.11 Å². The maximum atomic E-state index is 10.2. The summed E-state index contributed by atoms with van der Waals surface area (Å²) in [5.41, 5.74) is 0. The van der Waals surface area contributed by atoms with Gasteiger partial charge in [-0.25, -0.2) is 0 Å². The summed E-state index contributed by atoms with van der Waals surface area (Å²) < 4.78 is 5.71. The Hall–Kier alpha value is 0.190. The fourth-order valence-electron chi connectivity index (χ4n) is 2.67. The summed E-state index contributed by atoms with van der Waals surface area (Å²) in [4.78, 5) is 4.56. The summed E-state index contributed by atoms with van der Waals surface area (Å²) in [5, 5.41) is 10.2. The minimum absolute atomic E-state index is 0.268. The Morgan fingerprint density at radius 1 is 1.37 bits per heavy atom. The summed E-state index contributed by atoms with van der Waals surface area (Å²) in [6.07, 6.45) is 2.37. The van der Waals surface area contributed by atoms with Crippen LogP contribution in [0.3, 0.4) is 0 Å². The average molecular weight is 290 g/mol. The van der Waals surface area contributed by atoms with Gasteiger partial charge in [-0.2, -0.15) is 11.8 Å². The van der Waals surface area contributed by atoms with Gasteiger partial charge in [-0.15, -0.1) is 0 Å². The van der Waals surface area contributed by atoms with Crippen LogP contribution in [0.5, 0.6) is 0 Å². The molecule has 4 nitrogen and oxygen atoms in total. The molecule has 0 aromatic carbocycles. The van der Waals surface area contributed by atoms with Crippen molar-refractivity contribution in [3.63, 3.8) is 0 Å². The Balaban J connectivity index is 2.31. The molecule has 1 fully saturated rings. The van der Waals surface area contributed by atoms with E-state index in [2.05, 4.69) is 43.9 Å². The van der Waals surface area contributed by atoms with Crippen LogP contribution < -0.4 is 0 Å². The molecule has 0 spiro atoms. The van der Waals surface area contributed by atoms with Crippen LogP contribution in [0, 0.1) is 0 Å². The molecule has 4 atom stereocenters. The molecular formula is C14H30N2O2S. The number of ether oxygens (including phenoxy) is 1. The van der Waals surface area contributed by atoms with Crippen molar-refractivity contribution in [1.29, 1.82) is 0 Å². The maximum Gasteiger partial charge on any atom is 0.0793 e. The van der Waals surface area contributed by atoms with E-state index >= 15 is 0 Å². The molecule has 1 N–H and O–H groups in total. The van der Waals surface area contributed by atoms with Crippen LogP contribution in [0.4, 0.5) is 0 Å². The van der Waals surface area contributed by atoms with Gasteiger partial charge in [0.05, 0.1) is 18.3 Å². The Labute approximate surface area is 122 Å². The van der Waals surface area contributed by atoms with E-state index in [1.807, 2.05) is 11.8 Å². The highest BCUT2D eigenvalue weighted by Gasteiger charge is 2.24. The topological polar surface area (TPSA) is 35.9 Å². The summed E-state index contributed by atoms with van der Waals surface area (Å²) in [7, 11) is 2.09. The number of hydrogen-bond acceptors (Lipinski definition) is 5. The molecular weight excluding hydrogens is 260 g/mol. The number of hydrogen-bond donors (Lipinski definition) is 1. The molecule has 0 aromatic rings. The summed E-state index contributed by atoms with van der Waals surface area (Å²) >= 11 is 1.85. The minimum atomic E-state index is -0.285. The lowest BCUT2D eigenvalue weighted by atomic mass is 10.2. The Kier molecular flexibility index (Phi) is 7.69. The van der Waals surface area contributed by atoms with Gasteiger partial charge in [-0.3, -0.25) is 4.90 Å². The van der Waals surface area contributed by atoms with Crippen LogP contribution in [0.2, 0.25) is 0 Å². The highest BCUT2D eigenvalue weighted by molar-refractivity contribution is 7.98. The van der Waals surface area contributed by atoms with Crippen LogP contribution in [-0.4, -0.2) is 84.5 Å². The Morgan fingerprint density at radius 2 is 1.95 bits per heavy atom. The quantitative estimate of drug-likeness (QED) is 0.761. The maximum absolute atomic E-state index is 10.2. The van der Waals surface area contributed by atoms with Gasteiger partial charge < -0.3 is 14.7 Å². The molecule has 1 aliphatic rings. The molecule has 114 valence electrons. The molecule has 0 radical (unpaired) electrons. The summed E-state index contributed by atoms with van der Waals surface area (Å²) in [6, 6.07) is 0.507. The molecule has 1 saturated heterocycles. The van der Waals surface area contributed by atoms with E-state index in [0.717, 1.165) is 31.9 Å². The molecule has 1 heterocycles. The lowest BCUT2D eigenvalue weighted by Gasteiger charge is -2.37. The number of rotatable bonds is 7. The zero-order chi connectivity index (χ0) is 14.4. The van der Waals surface area contributed by atoms with Crippen LogP contribution in [-0.2, 0) is 4.74 Å². The van der Waals surface area contributed by atoms with Crippen LogP contribution in [0.1, 0.15) is 20.8 Å². The predicted molar refractivity (Wildman–Crippen MR) is 82.9 cm³/mol. The van der Waals surface area contributed by atoms with Crippen molar-refractivity contribution in [2.24, 2.45) is 0 Å². The highest BCUT2D eigenvalue weighted by atomic mass is 32.2. The van der Waals surface area contributed by atoms with Crippen molar-refractivity contribution in [3.05, 3.63) is 0 Å². The van der Waals surface area contributed by atoms with Gasteiger partial charge in [0.2, 0.25) is 0 Å². The second-order valence-corrected chi connectivity index (χ2v) is 6.78. The van der Waals surface area contributed by atoms with Gasteiger partial charge in [0, 0.05) is 38.0 Å². The van der Waals surface area contributed by atoms with E-state index in [4.69, 9.17) is 4.74 Å². The van der Waals surface area contributed by atoms with Gasteiger partial charge >= 0.3 is 0 Å². The molecule has 0 aromatic heterocycles. The minimum Gasteiger partial charge on any atom is -0.390 e. The number of aliphatic hydroxyl groups is 1. The van der Waals surface area contributed by atoms with Crippen molar-refractivity contribution in [1.82, 2.24) is 9.80 Å². The Bertz CT molecular complexity index is 246. The van der Waals surface area contributed by atoms with Crippen LogP contribution in [0.25, 0.3) is 0 Å². The van der Waals surface area contributed by atoms with Crippen molar-refractivity contribution in [2.45, 2.75) is 45.1 Å². The van der Waals surface area contributed by atoms with E-state index in [1.165, 1.54) is 0 Å². The van der Waals surface area contributed by atoms with Gasteiger partial charge in [0.25, 0.3) is 0 Å². The van der Waals surface area contributed by atoms with E-state index in [1.54, 1.807) is 0 Å². The monoisotopic (exact) mass is 290 g/mol. The second kappa shape index (κ2) is 8.47. The average Bonchev–Trinajstić information content (AvgIpc) is 2.27. The zero-order valence-corrected chi connectivity index (χ0v) is 13.8. The lowest BCUT2D eigenvalue weighted by molar-refractivity contribution is -0.0780. The smallest absolute Gasteiger partial charge is 0.0793 e. The zero-order valence-electron chi connectivity index (χ0n) is 13.0. The molecule has 0 amide bonds. The first kappa shape index (κ1) is 17.2. The fraction of sp³-hybridized carbons (Fsp3) is 1.00. The fourth-order valence-corrected chi connectivity index (χ4v) is 3.41.